The quantitative estimate of drug-likeness (QED) is 0.705. The van der Waals surface area contributed by atoms with Gasteiger partial charge in [0.2, 0.25) is 5.91 Å². The first kappa shape index (κ1) is 17.1. The van der Waals surface area contributed by atoms with E-state index in [1.807, 2.05) is 55.5 Å². The third-order valence-corrected chi connectivity index (χ3v) is 4.20. The molecule has 0 saturated carbocycles. The number of hydrogen-bond donors (Lipinski definition) is 2. The molecule has 1 aromatic heterocycles. The molecule has 0 aliphatic heterocycles. The largest absolute Gasteiger partial charge is 0.342 e. The number of benzene rings is 2. The molecule has 0 saturated heterocycles. The summed E-state index contributed by atoms with van der Waals surface area (Å²) in [5, 5.41) is 6.33. The number of aryl methyl sites for hydroxylation is 1. The van der Waals surface area contributed by atoms with Gasteiger partial charge in [-0.15, -0.1) is 0 Å². The van der Waals surface area contributed by atoms with Gasteiger partial charge in [0.1, 0.15) is 5.69 Å². The lowest BCUT2D eigenvalue weighted by molar-refractivity contribution is -0.115. The topological polar surface area (TPSA) is 71.1 Å². The molecule has 0 unspecified atom stereocenters. The maximum Gasteiger partial charge on any atom is 0.270 e. The number of amides is 2. The Morgan fingerprint density at radius 3 is 2.68 bits per heavy atom. The Balaban J connectivity index is 1.61. The van der Waals surface area contributed by atoms with Gasteiger partial charge in [0.25, 0.3) is 5.91 Å². The molecule has 0 bridgehead atoms. The maximum absolute atomic E-state index is 12.2. The van der Waals surface area contributed by atoms with Crippen molar-refractivity contribution in [3.05, 3.63) is 70.3 Å². The van der Waals surface area contributed by atoms with Gasteiger partial charge in [0.05, 0.1) is 12.1 Å². The zero-order valence-electron chi connectivity index (χ0n) is 13.5. The van der Waals surface area contributed by atoms with E-state index in [0.29, 0.717) is 5.69 Å². The first-order valence-electron chi connectivity index (χ1n) is 7.73. The van der Waals surface area contributed by atoms with Crippen molar-refractivity contribution in [2.24, 2.45) is 0 Å². The molecule has 2 N–H and O–H groups in total. The summed E-state index contributed by atoms with van der Waals surface area (Å²) in [4.78, 5) is 28.5. The number of para-hydroxylation sites is 1. The van der Waals surface area contributed by atoms with E-state index in [-0.39, 0.29) is 24.1 Å². The summed E-state index contributed by atoms with van der Waals surface area (Å²) in [6, 6.07) is 16.6. The summed E-state index contributed by atoms with van der Waals surface area (Å²) >= 11 is 3.38. The van der Waals surface area contributed by atoms with Crippen LogP contribution < -0.4 is 10.6 Å². The van der Waals surface area contributed by atoms with Gasteiger partial charge < -0.3 is 10.6 Å². The Labute approximate surface area is 153 Å². The third-order valence-electron chi connectivity index (χ3n) is 3.70. The molecule has 6 heteroatoms. The molecule has 2 aromatic carbocycles. The van der Waals surface area contributed by atoms with E-state index in [1.165, 1.54) is 0 Å². The average Bonchev–Trinajstić information content (AvgIpc) is 2.61. The Morgan fingerprint density at radius 2 is 1.88 bits per heavy atom. The number of nitrogens with one attached hydrogen (secondary N) is 2. The van der Waals surface area contributed by atoms with Crippen molar-refractivity contribution in [2.75, 3.05) is 11.9 Å². The third kappa shape index (κ3) is 4.22. The summed E-state index contributed by atoms with van der Waals surface area (Å²) in [5.41, 5.74) is 2.67. The number of pyridine rings is 1. The van der Waals surface area contributed by atoms with Crippen molar-refractivity contribution in [3.63, 3.8) is 0 Å². The standard InChI is InChI=1S/C19H16BrN3O2/c1-12-10-14(20)7-9-15(12)23-18(24)11-21-19(25)17-8-6-13-4-2-3-5-16(13)22-17/h2-10H,11H2,1H3,(H,21,25)(H,23,24). The van der Waals surface area contributed by atoms with Gasteiger partial charge in [-0.05, 0) is 42.8 Å². The minimum atomic E-state index is -0.381. The van der Waals surface area contributed by atoms with Gasteiger partial charge in [-0.3, -0.25) is 9.59 Å². The second kappa shape index (κ2) is 7.44. The molecule has 0 aliphatic carbocycles. The van der Waals surface area contributed by atoms with Crippen molar-refractivity contribution < 1.29 is 9.59 Å². The number of hydrogen-bond acceptors (Lipinski definition) is 3. The Bertz CT molecular complexity index is 956. The number of rotatable bonds is 4. The van der Waals surface area contributed by atoms with Crippen LogP contribution in [0.3, 0.4) is 0 Å². The van der Waals surface area contributed by atoms with Gasteiger partial charge in [-0.25, -0.2) is 4.98 Å². The second-order valence-electron chi connectivity index (χ2n) is 5.58. The van der Waals surface area contributed by atoms with Gasteiger partial charge in [-0.1, -0.05) is 40.2 Å². The fourth-order valence-corrected chi connectivity index (χ4v) is 2.88. The van der Waals surface area contributed by atoms with Crippen LogP contribution in [0.1, 0.15) is 16.1 Å². The van der Waals surface area contributed by atoms with E-state index < -0.39 is 0 Å². The van der Waals surface area contributed by atoms with Crippen LogP contribution in [0.4, 0.5) is 5.69 Å². The highest BCUT2D eigenvalue weighted by molar-refractivity contribution is 9.10. The molecule has 25 heavy (non-hydrogen) atoms. The Kier molecular flexibility index (Phi) is 5.09. The summed E-state index contributed by atoms with van der Waals surface area (Å²) in [5.74, 6) is -0.673. The molecular weight excluding hydrogens is 382 g/mol. The van der Waals surface area contributed by atoms with Crippen molar-refractivity contribution in [1.29, 1.82) is 0 Å². The van der Waals surface area contributed by atoms with E-state index in [9.17, 15) is 9.59 Å². The molecule has 2 amide bonds. The summed E-state index contributed by atoms with van der Waals surface area (Å²) in [6.07, 6.45) is 0. The zero-order chi connectivity index (χ0) is 17.8. The van der Waals surface area contributed by atoms with Gasteiger partial charge in [0, 0.05) is 15.5 Å². The lowest BCUT2D eigenvalue weighted by atomic mass is 10.2. The number of nitrogens with zero attached hydrogens (tertiary/aromatic N) is 1. The van der Waals surface area contributed by atoms with Crippen molar-refractivity contribution in [3.8, 4) is 0 Å². The summed E-state index contributed by atoms with van der Waals surface area (Å²) < 4.78 is 0.943. The number of carbonyl (C=O) groups excluding carboxylic acids is 2. The van der Waals surface area contributed by atoms with E-state index >= 15 is 0 Å². The van der Waals surface area contributed by atoms with Crippen LogP contribution in [0.15, 0.2) is 59.1 Å². The van der Waals surface area contributed by atoms with Crippen LogP contribution in [-0.4, -0.2) is 23.3 Å². The molecule has 126 valence electrons. The normalized spacial score (nSPS) is 10.5. The van der Waals surface area contributed by atoms with E-state index in [4.69, 9.17) is 0 Å². The average molecular weight is 398 g/mol. The van der Waals surface area contributed by atoms with Crippen LogP contribution >= 0.6 is 15.9 Å². The fourth-order valence-electron chi connectivity index (χ4n) is 2.41. The minimum absolute atomic E-state index is 0.122. The predicted molar refractivity (Wildman–Crippen MR) is 102 cm³/mol. The molecule has 5 nitrogen and oxygen atoms in total. The smallest absolute Gasteiger partial charge is 0.270 e. The van der Waals surface area contributed by atoms with Crippen LogP contribution in [-0.2, 0) is 4.79 Å². The summed E-state index contributed by atoms with van der Waals surface area (Å²) in [6.45, 7) is 1.78. The minimum Gasteiger partial charge on any atom is -0.342 e. The number of halogens is 1. The van der Waals surface area contributed by atoms with Crippen LogP contribution in [0, 0.1) is 6.92 Å². The summed E-state index contributed by atoms with van der Waals surface area (Å²) in [7, 11) is 0. The molecule has 3 aromatic rings. The number of aromatic nitrogens is 1. The van der Waals surface area contributed by atoms with Gasteiger partial charge in [-0.2, -0.15) is 0 Å². The lowest BCUT2D eigenvalue weighted by Crippen LogP contribution is -2.33. The van der Waals surface area contributed by atoms with Gasteiger partial charge >= 0.3 is 0 Å². The highest BCUT2D eigenvalue weighted by atomic mass is 79.9. The van der Waals surface area contributed by atoms with Crippen molar-refractivity contribution in [1.82, 2.24) is 10.3 Å². The van der Waals surface area contributed by atoms with Crippen LogP contribution in [0.5, 0.6) is 0 Å². The molecule has 0 atom stereocenters. The number of anilines is 1. The van der Waals surface area contributed by atoms with E-state index in [2.05, 4.69) is 31.5 Å². The SMILES string of the molecule is Cc1cc(Br)ccc1NC(=O)CNC(=O)c1ccc2ccccc2n1. The number of carbonyl (C=O) groups is 2. The van der Waals surface area contributed by atoms with Crippen LogP contribution in [0.25, 0.3) is 10.9 Å². The van der Waals surface area contributed by atoms with Crippen molar-refractivity contribution >= 4 is 44.3 Å². The first-order chi connectivity index (χ1) is 12.0. The lowest BCUT2D eigenvalue weighted by Gasteiger charge is -2.09. The first-order valence-corrected chi connectivity index (χ1v) is 8.52. The van der Waals surface area contributed by atoms with Crippen LogP contribution in [0.2, 0.25) is 0 Å². The number of fused-ring (bicyclic) bond motifs is 1. The fraction of sp³-hybridized carbons (Fsp3) is 0.105. The highest BCUT2D eigenvalue weighted by Gasteiger charge is 2.11. The second-order valence-corrected chi connectivity index (χ2v) is 6.49. The molecule has 0 fully saturated rings. The van der Waals surface area contributed by atoms with E-state index in [0.717, 1.165) is 20.9 Å². The molecule has 0 spiro atoms. The maximum atomic E-state index is 12.2. The zero-order valence-corrected chi connectivity index (χ0v) is 15.1. The monoisotopic (exact) mass is 397 g/mol. The van der Waals surface area contributed by atoms with Crippen molar-refractivity contribution in [2.45, 2.75) is 6.92 Å². The highest BCUT2D eigenvalue weighted by Crippen LogP contribution is 2.19. The van der Waals surface area contributed by atoms with Gasteiger partial charge in [0.15, 0.2) is 0 Å². The Morgan fingerprint density at radius 1 is 1.08 bits per heavy atom. The Hall–Kier alpha value is -2.73. The molecule has 0 radical (unpaired) electrons. The molecule has 1 heterocycles. The molecular formula is C19H16BrN3O2. The predicted octanol–water partition coefficient (Wildman–Crippen LogP) is 3.67. The van der Waals surface area contributed by atoms with E-state index in [1.54, 1.807) is 6.07 Å². The molecule has 0 aliphatic rings. The molecule has 3 rings (SSSR count).